The highest BCUT2D eigenvalue weighted by molar-refractivity contribution is 6.30. The van der Waals surface area contributed by atoms with Crippen molar-refractivity contribution in [3.05, 3.63) is 34.6 Å². The van der Waals surface area contributed by atoms with E-state index in [1.54, 1.807) is 0 Å². The molecule has 0 aromatic heterocycles. The maximum atomic E-state index is 14.3. The van der Waals surface area contributed by atoms with E-state index in [1.165, 1.54) is 17.0 Å². The van der Waals surface area contributed by atoms with E-state index < -0.39 is 29.5 Å². The van der Waals surface area contributed by atoms with E-state index >= 15 is 0 Å². The summed E-state index contributed by atoms with van der Waals surface area (Å²) in [6.45, 7) is 6.45. The number of hydrogen-bond donors (Lipinski definition) is 1. The maximum Gasteiger partial charge on any atom is 0.328 e. The minimum atomic E-state index is -1.15. The summed E-state index contributed by atoms with van der Waals surface area (Å²) >= 11 is 5.78. The van der Waals surface area contributed by atoms with Crippen molar-refractivity contribution in [3.8, 4) is 0 Å². The normalized spacial score (nSPS) is 28.6. The smallest absolute Gasteiger partial charge is 0.328 e. The number of carboxylic acids is 1. The van der Waals surface area contributed by atoms with Gasteiger partial charge in [-0.1, -0.05) is 32.4 Å². The van der Waals surface area contributed by atoms with Crippen LogP contribution in [0, 0.1) is 17.2 Å². The molecule has 1 N–H and O–H groups in total. The van der Waals surface area contributed by atoms with Gasteiger partial charge in [-0.15, -0.1) is 0 Å². The Kier molecular flexibility index (Phi) is 5.25. The van der Waals surface area contributed by atoms with Gasteiger partial charge in [-0.25, -0.2) is 9.18 Å². The molecule has 1 aliphatic carbocycles. The lowest BCUT2D eigenvalue weighted by atomic mass is 9.70. The molecule has 1 heterocycles. The lowest BCUT2D eigenvalue weighted by Gasteiger charge is -2.46. The molecule has 3 rings (SSSR count). The number of hydrogen-bond acceptors (Lipinski definition) is 3. The number of amides is 1. The second-order valence-corrected chi connectivity index (χ2v) is 8.99. The third kappa shape index (κ3) is 3.69. The first-order valence-corrected chi connectivity index (χ1v) is 9.58. The van der Waals surface area contributed by atoms with Crippen LogP contribution in [-0.2, 0) is 9.53 Å². The predicted molar refractivity (Wildman–Crippen MR) is 99.1 cm³/mol. The van der Waals surface area contributed by atoms with Crippen molar-refractivity contribution in [2.45, 2.75) is 58.2 Å². The molecule has 7 heteroatoms. The third-order valence-electron chi connectivity index (χ3n) is 5.92. The first kappa shape index (κ1) is 20.1. The van der Waals surface area contributed by atoms with Gasteiger partial charge in [0.1, 0.15) is 11.5 Å². The molecule has 1 unspecified atom stereocenters. The number of benzene rings is 1. The number of carbonyl (C=O) groups is 2. The van der Waals surface area contributed by atoms with Crippen molar-refractivity contribution in [2.75, 3.05) is 6.61 Å². The molecule has 1 saturated heterocycles. The number of carboxylic acid groups (broad SMARTS) is 1. The maximum absolute atomic E-state index is 14.3. The molecule has 0 bridgehead atoms. The van der Waals surface area contributed by atoms with E-state index in [0.717, 1.165) is 18.9 Å². The molecule has 1 aromatic carbocycles. The predicted octanol–water partition coefficient (Wildman–Crippen LogP) is 4.34. The molecule has 1 spiro atoms. The topological polar surface area (TPSA) is 66.8 Å². The highest BCUT2D eigenvalue weighted by Crippen LogP contribution is 2.47. The molecule has 1 saturated carbocycles. The van der Waals surface area contributed by atoms with Crippen LogP contribution in [0.1, 0.15) is 56.8 Å². The number of aliphatic carboxylic acids is 1. The molecule has 1 amide bonds. The Morgan fingerprint density at radius 1 is 1.30 bits per heavy atom. The summed E-state index contributed by atoms with van der Waals surface area (Å²) in [5, 5.41) is 9.78. The van der Waals surface area contributed by atoms with E-state index in [0.29, 0.717) is 18.8 Å². The summed E-state index contributed by atoms with van der Waals surface area (Å²) in [6, 6.07) is 2.66. The Hall–Kier alpha value is -1.66. The quantitative estimate of drug-likeness (QED) is 0.806. The summed E-state index contributed by atoms with van der Waals surface area (Å²) in [4.78, 5) is 26.1. The van der Waals surface area contributed by atoms with Crippen LogP contribution in [0.3, 0.4) is 0 Å². The van der Waals surface area contributed by atoms with Gasteiger partial charge in [-0.3, -0.25) is 9.69 Å². The van der Waals surface area contributed by atoms with E-state index in [-0.39, 0.29) is 22.6 Å². The zero-order valence-corrected chi connectivity index (χ0v) is 16.6. The van der Waals surface area contributed by atoms with Gasteiger partial charge in [0.05, 0.1) is 12.2 Å². The fraction of sp³-hybridized carbons (Fsp3) is 0.600. The average Bonchev–Trinajstić information content (AvgIpc) is 2.93. The van der Waals surface area contributed by atoms with Crippen LogP contribution in [-0.4, -0.2) is 40.3 Å². The molecule has 1 aliphatic heterocycles. The van der Waals surface area contributed by atoms with Crippen LogP contribution >= 0.6 is 11.6 Å². The molecule has 0 radical (unpaired) electrons. The second kappa shape index (κ2) is 7.06. The molecule has 5 nitrogen and oxygen atoms in total. The van der Waals surface area contributed by atoms with Crippen LogP contribution in [0.4, 0.5) is 4.39 Å². The summed E-state index contributed by atoms with van der Waals surface area (Å²) in [7, 11) is 0. The van der Waals surface area contributed by atoms with Crippen LogP contribution < -0.4 is 0 Å². The lowest BCUT2D eigenvalue weighted by Crippen LogP contribution is -2.55. The Balaban J connectivity index is 1.93. The Morgan fingerprint density at radius 2 is 1.93 bits per heavy atom. The van der Waals surface area contributed by atoms with E-state index in [1.807, 2.05) is 0 Å². The Bertz CT molecular complexity index is 753. The SMILES string of the molecule is CC(C)(C)C1CCC2(CC1)OCC(C(=O)O)N2C(=O)c1ccc(Cl)cc1F. The summed E-state index contributed by atoms with van der Waals surface area (Å²) in [5.41, 5.74) is -1.05. The number of ether oxygens (including phenoxy) is 1. The summed E-state index contributed by atoms with van der Waals surface area (Å²) in [5.74, 6) is -2.11. The molecule has 2 aliphatic rings. The molecule has 1 aromatic rings. The fourth-order valence-electron chi connectivity index (χ4n) is 4.28. The van der Waals surface area contributed by atoms with Crippen LogP contribution in [0.15, 0.2) is 18.2 Å². The third-order valence-corrected chi connectivity index (χ3v) is 6.15. The van der Waals surface area contributed by atoms with Gasteiger partial charge < -0.3 is 9.84 Å². The molecule has 27 heavy (non-hydrogen) atoms. The first-order chi connectivity index (χ1) is 12.5. The summed E-state index contributed by atoms with van der Waals surface area (Å²) in [6.07, 6.45) is 2.73. The minimum absolute atomic E-state index is 0.0868. The molecule has 2 fully saturated rings. The number of nitrogens with zero attached hydrogens (tertiary/aromatic N) is 1. The fourth-order valence-corrected chi connectivity index (χ4v) is 4.44. The lowest BCUT2D eigenvalue weighted by molar-refractivity contribution is -0.144. The van der Waals surface area contributed by atoms with Crippen LogP contribution in [0.5, 0.6) is 0 Å². The van der Waals surface area contributed by atoms with E-state index in [9.17, 15) is 19.1 Å². The standard InChI is InChI=1S/C20H25ClFNO4/c1-19(2,3)12-6-8-20(9-7-12)23(16(11-27-20)18(25)26)17(24)14-5-4-13(21)10-15(14)22/h4-5,10,12,16H,6-9,11H2,1-3H3,(H,25,26). The van der Waals surface area contributed by atoms with Gasteiger partial charge in [-0.2, -0.15) is 0 Å². The number of halogens is 2. The van der Waals surface area contributed by atoms with Crippen molar-refractivity contribution in [2.24, 2.45) is 11.3 Å². The van der Waals surface area contributed by atoms with Crippen LogP contribution in [0.2, 0.25) is 5.02 Å². The first-order valence-electron chi connectivity index (χ1n) is 9.21. The molecular weight excluding hydrogens is 373 g/mol. The van der Waals surface area contributed by atoms with Gasteiger partial charge in [0.2, 0.25) is 0 Å². The Morgan fingerprint density at radius 3 is 2.44 bits per heavy atom. The zero-order chi connectivity index (χ0) is 20.0. The highest BCUT2D eigenvalue weighted by atomic mass is 35.5. The monoisotopic (exact) mass is 397 g/mol. The second-order valence-electron chi connectivity index (χ2n) is 8.55. The van der Waals surface area contributed by atoms with Gasteiger partial charge in [0, 0.05) is 5.02 Å². The van der Waals surface area contributed by atoms with Crippen molar-refractivity contribution in [3.63, 3.8) is 0 Å². The van der Waals surface area contributed by atoms with Crippen molar-refractivity contribution >= 4 is 23.5 Å². The highest BCUT2D eigenvalue weighted by Gasteiger charge is 2.55. The van der Waals surface area contributed by atoms with Gasteiger partial charge in [-0.05, 0) is 55.2 Å². The Labute approximate surface area is 163 Å². The largest absolute Gasteiger partial charge is 0.480 e. The minimum Gasteiger partial charge on any atom is -0.480 e. The van der Waals surface area contributed by atoms with E-state index in [4.69, 9.17) is 16.3 Å². The van der Waals surface area contributed by atoms with Gasteiger partial charge in [0.15, 0.2) is 6.04 Å². The number of rotatable bonds is 2. The van der Waals surface area contributed by atoms with Gasteiger partial charge >= 0.3 is 5.97 Å². The number of carbonyl (C=O) groups excluding carboxylic acids is 1. The summed E-state index contributed by atoms with van der Waals surface area (Å²) < 4.78 is 20.2. The zero-order valence-electron chi connectivity index (χ0n) is 15.8. The van der Waals surface area contributed by atoms with Crippen molar-refractivity contribution in [1.82, 2.24) is 4.90 Å². The average molecular weight is 398 g/mol. The van der Waals surface area contributed by atoms with Crippen molar-refractivity contribution < 1.29 is 23.8 Å². The van der Waals surface area contributed by atoms with Crippen LogP contribution in [0.25, 0.3) is 0 Å². The van der Waals surface area contributed by atoms with E-state index in [2.05, 4.69) is 20.8 Å². The molecule has 148 valence electrons. The van der Waals surface area contributed by atoms with Gasteiger partial charge in [0.25, 0.3) is 5.91 Å². The van der Waals surface area contributed by atoms with Crippen molar-refractivity contribution in [1.29, 1.82) is 0 Å². The molecular formula is C20H25ClFNO4. The molecule has 1 atom stereocenters.